The average Bonchev–Trinajstić information content (AvgIpc) is 2.75. The molecule has 2 amide bonds. The highest BCUT2D eigenvalue weighted by Gasteiger charge is 2.32. The van der Waals surface area contributed by atoms with Crippen molar-refractivity contribution >= 4 is 73.9 Å². The molecule has 0 fully saturated rings. The number of nitrogens with zero attached hydrogens (tertiary/aromatic N) is 2. The first kappa shape index (κ1) is 27.5. The molecule has 7 nitrogen and oxygen atoms in total. The van der Waals surface area contributed by atoms with Crippen molar-refractivity contribution in [2.45, 2.75) is 25.9 Å². The number of hydrogen-bond donors (Lipinski definition) is 1. The van der Waals surface area contributed by atoms with Crippen LogP contribution in [0.25, 0.3) is 0 Å². The molecule has 180 valence electrons. The third-order valence-corrected chi connectivity index (χ3v) is 7.52. The molecule has 1 atom stereocenters. The molecule has 0 aliphatic heterocycles. The number of carbonyl (C=O) groups excluding carboxylic acids is 2. The molecule has 0 saturated heterocycles. The van der Waals surface area contributed by atoms with Crippen LogP contribution in [0.3, 0.4) is 0 Å². The van der Waals surface area contributed by atoms with E-state index in [-0.39, 0.29) is 27.3 Å². The highest BCUT2D eigenvalue weighted by Crippen LogP contribution is 2.34. The van der Waals surface area contributed by atoms with Gasteiger partial charge in [-0.25, -0.2) is 8.42 Å². The lowest BCUT2D eigenvalue weighted by molar-refractivity contribution is -0.140. The summed E-state index contributed by atoms with van der Waals surface area (Å²) in [5, 5.41) is 3.30. The predicted molar refractivity (Wildman–Crippen MR) is 134 cm³/mol. The number of halogens is 4. The molecule has 0 aliphatic rings. The lowest BCUT2D eigenvalue weighted by Crippen LogP contribution is -2.51. The highest BCUT2D eigenvalue weighted by molar-refractivity contribution is 7.92. The molecular weight excluding hydrogens is 532 g/mol. The zero-order valence-electron chi connectivity index (χ0n) is 18.1. The number of carbonyl (C=O) groups is 2. The number of benzene rings is 2. The van der Waals surface area contributed by atoms with Crippen molar-refractivity contribution in [3.63, 3.8) is 0 Å². The van der Waals surface area contributed by atoms with E-state index >= 15 is 0 Å². The molecule has 0 bridgehead atoms. The Balaban J connectivity index is 2.49. The van der Waals surface area contributed by atoms with E-state index in [1.54, 1.807) is 25.1 Å². The highest BCUT2D eigenvalue weighted by atomic mass is 35.5. The number of hydrogen-bond acceptors (Lipinski definition) is 4. The van der Waals surface area contributed by atoms with Gasteiger partial charge in [0.1, 0.15) is 12.6 Å². The lowest BCUT2D eigenvalue weighted by atomic mass is 10.1. The number of amides is 2. The normalized spacial score (nSPS) is 12.2. The maximum atomic E-state index is 13.5. The van der Waals surface area contributed by atoms with Crippen LogP contribution < -0.4 is 9.62 Å². The largest absolute Gasteiger partial charge is 0.357 e. The molecule has 2 rings (SSSR count). The van der Waals surface area contributed by atoms with Crippen molar-refractivity contribution in [2.75, 3.05) is 24.2 Å². The second kappa shape index (κ2) is 11.6. The summed E-state index contributed by atoms with van der Waals surface area (Å²) in [5.41, 5.74) is 0.675. The van der Waals surface area contributed by atoms with Gasteiger partial charge in [-0.05, 0) is 36.2 Å². The molecule has 0 aromatic heterocycles. The maximum Gasteiger partial charge on any atom is 0.244 e. The number of anilines is 1. The van der Waals surface area contributed by atoms with E-state index in [4.69, 9.17) is 46.4 Å². The van der Waals surface area contributed by atoms with Crippen molar-refractivity contribution in [2.24, 2.45) is 0 Å². The summed E-state index contributed by atoms with van der Waals surface area (Å²) in [6.45, 7) is 1.16. The van der Waals surface area contributed by atoms with E-state index in [9.17, 15) is 18.0 Å². The Morgan fingerprint density at radius 1 is 1.03 bits per heavy atom. The predicted octanol–water partition coefficient (Wildman–Crippen LogP) is 4.62. The smallest absolute Gasteiger partial charge is 0.244 e. The number of rotatable bonds is 9. The molecule has 0 radical (unpaired) electrons. The van der Waals surface area contributed by atoms with Gasteiger partial charge in [-0.1, -0.05) is 65.5 Å². The third-order valence-electron chi connectivity index (χ3n) is 4.85. The minimum Gasteiger partial charge on any atom is -0.357 e. The summed E-state index contributed by atoms with van der Waals surface area (Å²) in [4.78, 5) is 27.3. The average molecular weight is 555 g/mol. The van der Waals surface area contributed by atoms with Gasteiger partial charge < -0.3 is 10.2 Å². The van der Waals surface area contributed by atoms with E-state index in [2.05, 4.69) is 5.32 Å². The fraction of sp³-hybridized carbons (Fsp3) is 0.333. The number of sulfonamides is 1. The fourth-order valence-corrected chi connectivity index (χ4v) is 4.82. The van der Waals surface area contributed by atoms with Gasteiger partial charge in [0, 0.05) is 13.6 Å². The topological polar surface area (TPSA) is 86.8 Å². The van der Waals surface area contributed by atoms with Crippen LogP contribution in [0.2, 0.25) is 20.1 Å². The van der Waals surface area contributed by atoms with Gasteiger partial charge in [-0.3, -0.25) is 13.9 Å². The molecular formula is C21H23Cl4N3O4S. The summed E-state index contributed by atoms with van der Waals surface area (Å²) < 4.78 is 26.0. The van der Waals surface area contributed by atoms with Crippen LogP contribution in [0, 0.1) is 0 Å². The van der Waals surface area contributed by atoms with Crippen molar-refractivity contribution < 1.29 is 18.0 Å². The quantitative estimate of drug-likeness (QED) is 0.490. The summed E-state index contributed by atoms with van der Waals surface area (Å²) in [5.74, 6) is -1.00. The molecule has 2 aromatic rings. The van der Waals surface area contributed by atoms with Crippen LogP contribution in [0.5, 0.6) is 0 Å². The van der Waals surface area contributed by atoms with E-state index in [0.717, 1.165) is 10.6 Å². The maximum absolute atomic E-state index is 13.5. The van der Waals surface area contributed by atoms with Crippen molar-refractivity contribution in [3.8, 4) is 0 Å². The minimum absolute atomic E-state index is 0.00251. The van der Waals surface area contributed by atoms with E-state index in [0.29, 0.717) is 17.0 Å². The Labute approximate surface area is 213 Å². The molecule has 12 heteroatoms. The van der Waals surface area contributed by atoms with Gasteiger partial charge in [0.05, 0.1) is 32.0 Å². The third kappa shape index (κ3) is 6.90. The summed E-state index contributed by atoms with van der Waals surface area (Å²) in [6, 6.07) is 8.47. The SMILES string of the molecule is CC[C@H](C(=O)NC)N(Cc1ccc(Cl)c(Cl)c1)C(=O)CN(c1cccc(Cl)c1Cl)S(C)(=O)=O. The van der Waals surface area contributed by atoms with Gasteiger partial charge in [-0.15, -0.1) is 0 Å². The van der Waals surface area contributed by atoms with E-state index in [1.807, 2.05) is 0 Å². The second-order valence-electron chi connectivity index (χ2n) is 7.15. The van der Waals surface area contributed by atoms with Crippen LogP contribution in [0.1, 0.15) is 18.9 Å². The molecule has 0 saturated carbocycles. The summed E-state index contributed by atoms with van der Waals surface area (Å²) in [6.07, 6.45) is 1.25. The molecule has 0 unspecified atom stereocenters. The Kier molecular flexibility index (Phi) is 9.70. The van der Waals surface area contributed by atoms with Crippen LogP contribution in [0.15, 0.2) is 36.4 Å². The van der Waals surface area contributed by atoms with Gasteiger partial charge in [0.2, 0.25) is 21.8 Å². The summed E-state index contributed by atoms with van der Waals surface area (Å²) in [7, 11) is -2.47. The van der Waals surface area contributed by atoms with Crippen LogP contribution in [0.4, 0.5) is 5.69 Å². The van der Waals surface area contributed by atoms with Crippen molar-refractivity contribution in [3.05, 3.63) is 62.1 Å². The zero-order chi connectivity index (χ0) is 24.9. The molecule has 0 aliphatic carbocycles. The Morgan fingerprint density at radius 2 is 1.70 bits per heavy atom. The van der Waals surface area contributed by atoms with Gasteiger partial charge >= 0.3 is 0 Å². The molecule has 1 N–H and O–H groups in total. The molecule has 0 spiro atoms. The monoisotopic (exact) mass is 553 g/mol. The molecule has 2 aromatic carbocycles. The fourth-order valence-electron chi connectivity index (χ4n) is 3.20. The standard InChI is InChI=1S/C21H23Cl4N3O4S/c1-4-17(21(30)26-2)27(11-13-8-9-14(22)16(24)10-13)19(29)12-28(33(3,31)32)18-7-5-6-15(23)20(18)25/h5-10,17H,4,11-12H2,1-3H3,(H,26,30)/t17-/m1/s1. The van der Waals surface area contributed by atoms with Gasteiger partial charge in [-0.2, -0.15) is 0 Å². The second-order valence-corrected chi connectivity index (χ2v) is 10.7. The number of nitrogens with one attached hydrogen (secondary N) is 1. The Bertz CT molecular complexity index is 1140. The Morgan fingerprint density at radius 3 is 2.24 bits per heavy atom. The zero-order valence-corrected chi connectivity index (χ0v) is 22.0. The first-order valence-electron chi connectivity index (χ1n) is 9.77. The summed E-state index contributed by atoms with van der Waals surface area (Å²) >= 11 is 24.4. The van der Waals surface area contributed by atoms with E-state index in [1.165, 1.54) is 30.1 Å². The minimum atomic E-state index is -3.93. The van der Waals surface area contributed by atoms with Gasteiger partial charge in [0.15, 0.2) is 0 Å². The van der Waals surface area contributed by atoms with Gasteiger partial charge in [0.25, 0.3) is 0 Å². The van der Waals surface area contributed by atoms with Crippen molar-refractivity contribution in [1.29, 1.82) is 0 Å². The van der Waals surface area contributed by atoms with E-state index < -0.39 is 34.4 Å². The number of likely N-dealkylation sites (N-methyl/N-ethyl adjacent to an activating group) is 1. The lowest BCUT2D eigenvalue weighted by Gasteiger charge is -2.32. The Hall–Kier alpha value is -1.71. The first-order chi connectivity index (χ1) is 15.4. The van der Waals surface area contributed by atoms with Crippen LogP contribution in [-0.2, 0) is 26.2 Å². The molecule has 33 heavy (non-hydrogen) atoms. The van der Waals surface area contributed by atoms with Crippen LogP contribution >= 0.6 is 46.4 Å². The van der Waals surface area contributed by atoms with Crippen molar-refractivity contribution in [1.82, 2.24) is 10.2 Å². The molecule has 0 heterocycles. The first-order valence-corrected chi connectivity index (χ1v) is 13.1. The van der Waals surface area contributed by atoms with Crippen LogP contribution in [-0.4, -0.2) is 51.0 Å².